The number of carboxylic acids is 1. The van der Waals surface area contributed by atoms with Crippen molar-refractivity contribution in [3.8, 4) is 0 Å². The maximum atomic E-state index is 13.4. The van der Waals surface area contributed by atoms with E-state index >= 15 is 0 Å². The first-order valence-corrected chi connectivity index (χ1v) is 10.5. The van der Waals surface area contributed by atoms with Crippen LogP contribution in [-0.2, 0) is 14.4 Å². The van der Waals surface area contributed by atoms with Crippen LogP contribution >= 0.6 is 0 Å². The molecule has 0 radical (unpaired) electrons. The molecule has 1 saturated heterocycles. The Labute approximate surface area is 180 Å². The Hall–Kier alpha value is -3.04. The summed E-state index contributed by atoms with van der Waals surface area (Å²) >= 11 is 0. The zero-order valence-corrected chi connectivity index (χ0v) is 18.0. The molecule has 1 aromatic rings. The van der Waals surface area contributed by atoms with Gasteiger partial charge < -0.3 is 20.6 Å². The molecule has 2 fully saturated rings. The van der Waals surface area contributed by atoms with Crippen LogP contribution < -0.4 is 10.6 Å². The van der Waals surface area contributed by atoms with Gasteiger partial charge in [0, 0.05) is 18.9 Å². The SMILES string of the molecule is CC(C)(C)C(NC(=O)CNC(=O)c1cnccn1)C(=O)N1C[C@@H]2CCC[C@@H]2C1C(=O)O. The van der Waals surface area contributed by atoms with Gasteiger partial charge in [0.15, 0.2) is 0 Å². The monoisotopic (exact) mass is 431 g/mol. The Bertz CT molecular complexity index is 853. The Balaban J connectivity index is 1.67. The highest BCUT2D eigenvalue weighted by Gasteiger charge is 2.51. The lowest BCUT2D eigenvalue weighted by molar-refractivity contribution is -0.152. The summed E-state index contributed by atoms with van der Waals surface area (Å²) in [4.78, 5) is 59.0. The molecule has 168 valence electrons. The number of likely N-dealkylation sites (tertiary alicyclic amines) is 1. The number of carboxylic acid groups (broad SMARTS) is 1. The first-order chi connectivity index (χ1) is 14.6. The second-order valence-corrected chi connectivity index (χ2v) is 9.27. The minimum absolute atomic E-state index is 0.0379. The van der Waals surface area contributed by atoms with Crippen molar-refractivity contribution < 1.29 is 24.3 Å². The van der Waals surface area contributed by atoms with Crippen LogP contribution in [0.1, 0.15) is 50.5 Å². The minimum atomic E-state index is -1.00. The average Bonchev–Trinajstić information content (AvgIpc) is 3.30. The maximum Gasteiger partial charge on any atom is 0.326 e. The summed E-state index contributed by atoms with van der Waals surface area (Å²) in [5.41, 5.74) is -0.575. The standard InChI is InChI=1S/C21H29N5O5/c1-21(2,3)17(25-15(27)10-24-18(28)14-9-22-7-8-23-14)19(29)26-11-12-5-4-6-13(12)16(26)20(30)31/h7-9,12-13,16-17H,4-6,10-11H2,1-3H3,(H,24,28)(H,25,27)(H,30,31)/t12-,13-,16?,17?/m0/s1. The topological polar surface area (TPSA) is 142 Å². The van der Waals surface area contributed by atoms with Gasteiger partial charge in [0.1, 0.15) is 17.8 Å². The van der Waals surface area contributed by atoms with E-state index in [2.05, 4.69) is 20.6 Å². The number of fused-ring (bicyclic) bond motifs is 1. The van der Waals surface area contributed by atoms with E-state index in [9.17, 15) is 24.3 Å². The lowest BCUT2D eigenvalue weighted by atomic mass is 9.85. The van der Waals surface area contributed by atoms with E-state index in [1.54, 1.807) is 20.8 Å². The molecule has 2 heterocycles. The highest BCUT2D eigenvalue weighted by molar-refractivity contribution is 5.96. The molecular formula is C21H29N5O5. The van der Waals surface area contributed by atoms with Crippen molar-refractivity contribution in [2.75, 3.05) is 13.1 Å². The van der Waals surface area contributed by atoms with Crippen LogP contribution in [0.15, 0.2) is 18.6 Å². The molecule has 1 aliphatic carbocycles. The van der Waals surface area contributed by atoms with E-state index in [0.717, 1.165) is 19.3 Å². The third-order valence-electron chi connectivity index (χ3n) is 6.05. The summed E-state index contributed by atoms with van der Waals surface area (Å²) < 4.78 is 0. The molecule has 4 atom stereocenters. The first kappa shape index (κ1) is 22.6. The summed E-state index contributed by atoms with van der Waals surface area (Å²) in [5.74, 6) is -2.35. The average molecular weight is 431 g/mol. The molecule has 0 spiro atoms. The quantitative estimate of drug-likeness (QED) is 0.594. The number of carbonyl (C=O) groups excluding carboxylic acids is 3. The molecule has 2 unspecified atom stereocenters. The summed E-state index contributed by atoms with van der Waals surface area (Å²) in [6, 6.07) is -1.78. The van der Waals surface area contributed by atoms with Crippen molar-refractivity contribution in [3.05, 3.63) is 24.3 Å². The summed E-state index contributed by atoms with van der Waals surface area (Å²) in [6.07, 6.45) is 6.77. The number of hydrogen-bond donors (Lipinski definition) is 3. The van der Waals surface area contributed by atoms with E-state index in [1.165, 1.54) is 23.5 Å². The van der Waals surface area contributed by atoms with Crippen molar-refractivity contribution in [1.29, 1.82) is 0 Å². The van der Waals surface area contributed by atoms with E-state index in [4.69, 9.17) is 0 Å². The second kappa shape index (κ2) is 8.99. The van der Waals surface area contributed by atoms with E-state index in [-0.39, 0.29) is 24.1 Å². The van der Waals surface area contributed by atoms with Gasteiger partial charge in [0.2, 0.25) is 11.8 Å². The Morgan fingerprint density at radius 2 is 1.97 bits per heavy atom. The number of hydrogen-bond acceptors (Lipinski definition) is 6. The molecule has 3 rings (SSSR count). The molecule has 2 aliphatic rings. The van der Waals surface area contributed by atoms with Gasteiger partial charge in [-0.15, -0.1) is 0 Å². The van der Waals surface area contributed by atoms with Gasteiger partial charge in [-0.05, 0) is 30.1 Å². The van der Waals surface area contributed by atoms with Gasteiger partial charge in [-0.3, -0.25) is 19.4 Å². The lowest BCUT2D eigenvalue weighted by Gasteiger charge is -2.35. The van der Waals surface area contributed by atoms with Crippen LogP contribution in [-0.4, -0.2) is 68.8 Å². The normalized spacial score (nSPS) is 23.7. The van der Waals surface area contributed by atoms with Crippen molar-refractivity contribution in [2.24, 2.45) is 17.3 Å². The predicted molar refractivity (Wildman–Crippen MR) is 110 cm³/mol. The molecule has 0 bridgehead atoms. The Morgan fingerprint density at radius 3 is 2.58 bits per heavy atom. The number of aliphatic carboxylic acids is 1. The summed E-state index contributed by atoms with van der Waals surface area (Å²) in [6.45, 7) is 5.47. The number of nitrogens with one attached hydrogen (secondary N) is 2. The molecule has 1 aromatic heterocycles. The third-order valence-corrected chi connectivity index (χ3v) is 6.05. The zero-order chi connectivity index (χ0) is 22.8. The van der Waals surface area contributed by atoms with E-state index in [1.807, 2.05) is 0 Å². The fourth-order valence-electron chi connectivity index (χ4n) is 4.54. The first-order valence-electron chi connectivity index (χ1n) is 10.5. The van der Waals surface area contributed by atoms with E-state index in [0.29, 0.717) is 6.54 Å². The molecule has 31 heavy (non-hydrogen) atoms. The van der Waals surface area contributed by atoms with Crippen molar-refractivity contribution in [1.82, 2.24) is 25.5 Å². The van der Waals surface area contributed by atoms with Crippen LogP contribution in [0.25, 0.3) is 0 Å². The van der Waals surface area contributed by atoms with E-state index < -0.39 is 41.2 Å². The fraction of sp³-hybridized carbons (Fsp3) is 0.619. The Kier molecular flexibility index (Phi) is 6.56. The summed E-state index contributed by atoms with van der Waals surface area (Å²) in [7, 11) is 0. The minimum Gasteiger partial charge on any atom is -0.480 e. The maximum absolute atomic E-state index is 13.4. The van der Waals surface area contributed by atoms with Crippen LogP contribution in [0.4, 0.5) is 0 Å². The number of aromatic nitrogens is 2. The smallest absolute Gasteiger partial charge is 0.326 e. The largest absolute Gasteiger partial charge is 0.480 e. The number of amides is 3. The predicted octanol–water partition coefficient (Wildman–Crippen LogP) is 0.449. The molecule has 10 heteroatoms. The second-order valence-electron chi connectivity index (χ2n) is 9.27. The number of carbonyl (C=O) groups is 4. The number of nitrogens with zero attached hydrogens (tertiary/aromatic N) is 3. The number of rotatable bonds is 6. The van der Waals surface area contributed by atoms with Crippen LogP contribution in [0.2, 0.25) is 0 Å². The lowest BCUT2D eigenvalue weighted by Crippen LogP contribution is -2.58. The highest BCUT2D eigenvalue weighted by Crippen LogP contribution is 2.43. The van der Waals surface area contributed by atoms with Gasteiger partial charge >= 0.3 is 5.97 Å². The van der Waals surface area contributed by atoms with Crippen molar-refractivity contribution >= 4 is 23.7 Å². The Morgan fingerprint density at radius 1 is 1.23 bits per heavy atom. The van der Waals surface area contributed by atoms with Crippen LogP contribution in [0, 0.1) is 17.3 Å². The third kappa shape index (κ3) is 5.00. The molecule has 1 aliphatic heterocycles. The highest BCUT2D eigenvalue weighted by atomic mass is 16.4. The van der Waals surface area contributed by atoms with Crippen LogP contribution in [0.3, 0.4) is 0 Å². The van der Waals surface area contributed by atoms with Gasteiger partial charge in [0.05, 0.1) is 12.7 Å². The van der Waals surface area contributed by atoms with Gasteiger partial charge in [-0.25, -0.2) is 9.78 Å². The summed E-state index contributed by atoms with van der Waals surface area (Å²) in [5, 5.41) is 14.9. The van der Waals surface area contributed by atoms with Gasteiger partial charge in [0.25, 0.3) is 5.91 Å². The van der Waals surface area contributed by atoms with Gasteiger partial charge in [-0.2, -0.15) is 0 Å². The zero-order valence-electron chi connectivity index (χ0n) is 18.0. The van der Waals surface area contributed by atoms with Gasteiger partial charge in [-0.1, -0.05) is 27.2 Å². The molecule has 10 nitrogen and oxygen atoms in total. The van der Waals surface area contributed by atoms with Crippen LogP contribution in [0.5, 0.6) is 0 Å². The fourth-order valence-corrected chi connectivity index (χ4v) is 4.54. The molecule has 0 aromatic carbocycles. The van der Waals surface area contributed by atoms with Crippen molar-refractivity contribution in [2.45, 2.75) is 52.1 Å². The molecule has 3 N–H and O–H groups in total. The molecule has 1 saturated carbocycles. The molecular weight excluding hydrogens is 402 g/mol. The molecule has 3 amide bonds. The van der Waals surface area contributed by atoms with Crippen molar-refractivity contribution in [3.63, 3.8) is 0 Å².